The maximum atomic E-state index is 11.9. The van der Waals surface area contributed by atoms with Crippen LogP contribution in [0.4, 0.5) is 0 Å². The van der Waals surface area contributed by atoms with Crippen LogP contribution >= 0.6 is 0 Å². The van der Waals surface area contributed by atoms with Crippen LogP contribution in [0.5, 0.6) is 0 Å². The summed E-state index contributed by atoms with van der Waals surface area (Å²) >= 11 is 0. The third-order valence-corrected chi connectivity index (χ3v) is 4.91. The number of carbonyl (C=O) groups excluding carboxylic acids is 1. The number of nitrogens with zero attached hydrogens (tertiary/aromatic N) is 1. The van der Waals surface area contributed by atoms with E-state index in [9.17, 15) is 4.79 Å². The molecule has 1 aliphatic rings. The zero-order valence-electron chi connectivity index (χ0n) is 14.5. The summed E-state index contributed by atoms with van der Waals surface area (Å²) in [7, 11) is 0. The predicted molar refractivity (Wildman–Crippen MR) is 99.0 cm³/mol. The van der Waals surface area contributed by atoms with Crippen molar-refractivity contribution in [2.75, 3.05) is 0 Å². The molecule has 0 unspecified atom stereocenters. The van der Waals surface area contributed by atoms with E-state index in [0.717, 1.165) is 57.1 Å². The Morgan fingerprint density at radius 3 is 2.38 bits per heavy atom. The van der Waals surface area contributed by atoms with Crippen LogP contribution in [-0.2, 0) is 17.6 Å². The zero-order valence-corrected chi connectivity index (χ0v) is 14.5. The van der Waals surface area contributed by atoms with E-state index >= 15 is 0 Å². The van der Waals surface area contributed by atoms with Crippen LogP contribution in [0.3, 0.4) is 0 Å². The van der Waals surface area contributed by atoms with Crippen molar-refractivity contribution in [1.29, 1.82) is 0 Å². The normalized spacial score (nSPS) is 17.2. The van der Waals surface area contributed by atoms with Gasteiger partial charge in [0.05, 0.1) is 5.69 Å². The average molecular weight is 321 g/mol. The number of aromatic nitrogens is 1. The fourth-order valence-corrected chi connectivity index (χ4v) is 3.54. The highest BCUT2D eigenvalue weighted by Crippen LogP contribution is 2.25. The molecule has 24 heavy (non-hydrogen) atoms. The van der Waals surface area contributed by atoms with Gasteiger partial charge in [0.1, 0.15) is 5.78 Å². The van der Waals surface area contributed by atoms with Crippen molar-refractivity contribution in [2.24, 2.45) is 0 Å². The number of ketones is 1. The third-order valence-electron chi connectivity index (χ3n) is 4.91. The Labute approximate surface area is 145 Å². The number of rotatable bonds is 0. The highest BCUT2D eigenvalue weighted by Gasteiger charge is 2.08. The van der Waals surface area contributed by atoms with Crippen LogP contribution in [0.15, 0.2) is 42.6 Å². The van der Waals surface area contributed by atoms with Crippen LogP contribution in [0, 0.1) is 0 Å². The molecule has 0 aliphatic heterocycles. The first-order chi connectivity index (χ1) is 11.8. The Kier molecular flexibility index (Phi) is 6.17. The molecular formula is C22H27NO. The van der Waals surface area contributed by atoms with Crippen molar-refractivity contribution in [2.45, 2.75) is 64.2 Å². The largest absolute Gasteiger partial charge is 0.300 e. The third kappa shape index (κ3) is 4.77. The number of hydrogen-bond donors (Lipinski definition) is 0. The average Bonchev–Trinajstić information content (AvgIpc) is 2.61. The summed E-state index contributed by atoms with van der Waals surface area (Å²) < 4.78 is 0. The van der Waals surface area contributed by atoms with Gasteiger partial charge in [-0.25, -0.2) is 0 Å². The van der Waals surface area contributed by atoms with Gasteiger partial charge < -0.3 is 0 Å². The van der Waals surface area contributed by atoms with Crippen molar-refractivity contribution < 1.29 is 4.79 Å². The van der Waals surface area contributed by atoms with Gasteiger partial charge >= 0.3 is 0 Å². The van der Waals surface area contributed by atoms with E-state index in [4.69, 9.17) is 0 Å². The molecule has 2 nitrogen and oxygen atoms in total. The first-order valence-electron chi connectivity index (χ1n) is 9.38. The second-order valence-electron chi connectivity index (χ2n) is 6.87. The van der Waals surface area contributed by atoms with Gasteiger partial charge in [-0.2, -0.15) is 0 Å². The van der Waals surface area contributed by atoms with E-state index in [1.165, 1.54) is 29.5 Å². The fourth-order valence-electron chi connectivity index (χ4n) is 3.54. The Hall–Kier alpha value is -1.96. The molecule has 2 aromatic rings. The molecule has 0 radical (unpaired) electrons. The van der Waals surface area contributed by atoms with Crippen LogP contribution in [0.1, 0.15) is 62.5 Å². The van der Waals surface area contributed by atoms with Gasteiger partial charge in [0.15, 0.2) is 0 Å². The maximum absolute atomic E-state index is 11.9. The molecule has 0 atom stereocenters. The highest BCUT2D eigenvalue weighted by atomic mass is 16.1. The molecule has 1 aliphatic carbocycles. The summed E-state index contributed by atoms with van der Waals surface area (Å²) in [5.41, 5.74) is 5.06. The lowest BCUT2D eigenvalue weighted by molar-refractivity contribution is -0.119. The van der Waals surface area contributed by atoms with E-state index in [1.54, 1.807) is 0 Å². The van der Waals surface area contributed by atoms with Crippen LogP contribution in [0.2, 0.25) is 0 Å². The SMILES string of the molecule is O=C1CCCCCCc2cccnc2-c2cccc(c2)CCCC1. The molecule has 2 heteroatoms. The molecule has 1 heterocycles. The van der Waals surface area contributed by atoms with Gasteiger partial charge in [-0.15, -0.1) is 0 Å². The van der Waals surface area contributed by atoms with Gasteiger partial charge in [-0.3, -0.25) is 9.78 Å². The molecule has 1 aromatic carbocycles. The van der Waals surface area contributed by atoms with Gasteiger partial charge in [0.25, 0.3) is 0 Å². The lowest BCUT2D eigenvalue weighted by Gasteiger charge is -2.11. The van der Waals surface area contributed by atoms with Gasteiger partial charge in [0, 0.05) is 24.6 Å². The molecule has 0 spiro atoms. The number of benzene rings is 1. The number of aryl methyl sites for hydroxylation is 2. The Balaban J connectivity index is 1.82. The molecule has 1 aromatic heterocycles. The molecule has 126 valence electrons. The molecule has 3 rings (SSSR count). The summed E-state index contributed by atoms with van der Waals surface area (Å²) in [4.78, 5) is 16.6. The number of fused-ring (bicyclic) bond motifs is 4. The molecule has 0 N–H and O–H groups in total. The smallest absolute Gasteiger partial charge is 0.132 e. The quantitative estimate of drug-likeness (QED) is 0.638. The summed E-state index contributed by atoms with van der Waals surface area (Å²) in [6.45, 7) is 0. The molecule has 0 saturated heterocycles. The minimum atomic E-state index is 0.449. The van der Waals surface area contributed by atoms with Crippen molar-refractivity contribution >= 4 is 5.78 Å². The number of hydrogen-bond acceptors (Lipinski definition) is 2. The Morgan fingerprint density at radius 1 is 0.750 bits per heavy atom. The monoisotopic (exact) mass is 321 g/mol. The number of Topliss-reactive ketones (excluding diaryl/α,β-unsaturated/α-hetero) is 1. The maximum Gasteiger partial charge on any atom is 0.132 e. The summed E-state index contributed by atoms with van der Waals surface area (Å²) in [6.07, 6.45) is 12.2. The van der Waals surface area contributed by atoms with E-state index < -0.39 is 0 Å². The highest BCUT2D eigenvalue weighted by molar-refractivity contribution is 5.78. The van der Waals surface area contributed by atoms with Gasteiger partial charge in [-0.1, -0.05) is 37.1 Å². The lowest BCUT2D eigenvalue weighted by Crippen LogP contribution is -1.99. The fraction of sp³-hybridized carbons (Fsp3) is 0.455. The van der Waals surface area contributed by atoms with E-state index in [1.807, 2.05) is 12.3 Å². The summed E-state index contributed by atoms with van der Waals surface area (Å²) in [5, 5.41) is 0. The molecule has 2 bridgehead atoms. The standard InChI is InChI=1S/C22H27NO/c24-21-14-4-2-1-3-11-19-13-8-16-23-22(19)20-12-7-10-18(17-20)9-5-6-15-21/h7-8,10,12-13,16-17H,1-6,9,11,14-15H2. The minimum absolute atomic E-state index is 0.449. The van der Waals surface area contributed by atoms with Crippen molar-refractivity contribution in [3.63, 3.8) is 0 Å². The van der Waals surface area contributed by atoms with E-state index in [0.29, 0.717) is 5.78 Å². The van der Waals surface area contributed by atoms with Gasteiger partial charge in [0.2, 0.25) is 0 Å². The van der Waals surface area contributed by atoms with E-state index in [-0.39, 0.29) is 0 Å². The molecule has 0 amide bonds. The van der Waals surface area contributed by atoms with Crippen LogP contribution in [0.25, 0.3) is 11.3 Å². The summed E-state index contributed by atoms with van der Waals surface area (Å²) in [6, 6.07) is 13.0. The first kappa shape index (κ1) is 16.9. The zero-order chi connectivity index (χ0) is 16.6. The van der Waals surface area contributed by atoms with Crippen LogP contribution in [-0.4, -0.2) is 10.8 Å². The van der Waals surface area contributed by atoms with Crippen LogP contribution < -0.4 is 0 Å². The molecular weight excluding hydrogens is 294 g/mol. The topological polar surface area (TPSA) is 30.0 Å². The van der Waals surface area contributed by atoms with Gasteiger partial charge in [-0.05, 0) is 61.8 Å². The number of pyridine rings is 1. The second kappa shape index (κ2) is 8.77. The minimum Gasteiger partial charge on any atom is -0.300 e. The first-order valence-corrected chi connectivity index (χ1v) is 9.38. The Morgan fingerprint density at radius 2 is 1.50 bits per heavy atom. The summed E-state index contributed by atoms with van der Waals surface area (Å²) in [5.74, 6) is 0.449. The lowest BCUT2D eigenvalue weighted by atomic mass is 9.96. The molecule has 0 fully saturated rings. The predicted octanol–water partition coefficient (Wildman–Crippen LogP) is 5.54. The van der Waals surface area contributed by atoms with Crippen molar-refractivity contribution in [3.8, 4) is 11.3 Å². The van der Waals surface area contributed by atoms with E-state index in [2.05, 4.69) is 35.3 Å². The Bertz CT molecular complexity index is 677. The second-order valence-corrected chi connectivity index (χ2v) is 6.87. The number of carbonyl (C=O) groups is 1. The van der Waals surface area contributed by atoms with Crippen molar-refractivity contribution in [1.82, 2.24) is 4.98 Å². The van der Waals surface area contributed by atoms with Crippen molar-refractivity contribution in [3.05, 3.63) is 53.7 Å². The molecule has 0 saturated carbocycles.